The molecule has 5 nitrogen and oxygen atoms in total. The first-order valence-electron chi connectivity index (χ1n) is 5.75. The highest BCUT2D eigenvalue weighted by Crippen LogP contribution is 2.19. The molecule has 18 heavy (non-hydrogen) atoms. The van der Waals surface area contributed by atoms with E-state index in [9.17, 15) is 10.1 Å². The number of para-hydroxylation sites is 1. The summed E-state index contributed by atoms with van der Waals surface area (Å²) in [6, 6.07) is 10.9. The molecule has 2 rings (SSSR count). The molecule has 0 spiro atoms. The molecule has 0 aliphatic rings. The van der Waals surface area contributed by atoms with Gasteiger partial charge in [-0.05, 0) is 24.1 Å². The van der Waals surface area contributed by atoms with Crippen molar-refractivity contribution in [3.8, 4) is 0 Å². The van der Waals surface area contributed by atoms with Crippen molar-refractivity contribution in [2.24, 2.45) is 0 Å². The van der Waals surface area contributed by atoms with Gasteiger partial charge in [-0.1, -0.05) is 25.1 Å². The van der Waals surface area contributed by atoms with E-state index in [1.54, 1.807) is 6.07 Å². The summed E-state index contributed by atoms with van der Waals surface area (Å²) in [5.74, 6) is 0.322. The molecule has 0 bridgehead atoms. The topological polar surface area (TPSA) is 68.3 Å². The number of hydrogen-bond donors (Lipinski definition) is 1. The second kappa shape index (κ2) is 5.35. The van der Waals surface area contributed by atoms with E-state index in [2.05, 4.69) is 12.2 Å². The predicted molar refractivity (Wildman–Crippen MR) is 68.5 cm³/mol. The average molecular weight is 246 g/mol. The highest BCUT2D eigenvalue weighted by atomic mass is 16.6. The second-order valence-corrected chi connectivity index (χ2v) is 3.86. The van der Waals surface area contributed by atoms with Crippen LogP contribution in [0.3, 0.4) is 0 Å². The zero-order chi connectivity index (χ0) is 13.0. The van der Waals surface area contributed by atoms with Crippen LogP contribution in [-0.4, -0.2) is 4.92 Å². The van der Waals surface area contributed by atoms with E-state index in [0.717, 1.165) is 12.1 Å². The van der Waals surface area contributed by atoms with Crippen molar-refractivity contribution in [3.05, 3.63) is 57.8 Å². The highest BCUT2D eigenvalue weighted by molar-refractivity contribution is 5.51. The third kappa shape index (κ3) is 2.68. The molecule has 0 amide bonds. The minimum atomic E-state index is -0.538. The Morgan fingerprint density at radius 3 is 2.72 bits per heavy atom. The van der Waals surface area contributed by atoms with Gasteiger partial charge in [-0.25, -0.2) is 0 Å². The monoisotopic (exact) mass is 246 g/mol. The van der Waals surface area contributed by atoms with E-state index in [1.165, 1.54) is 11.6 Å². The summed E-state index contributed by atoms with van der Waals surface area (Å²) in [6.45, 7) is 2.52. The van der Waals surface area contributed by atoms with Gasteiger partial charge < -0.3 is 9.73 Å². The summed E-state index contributed by atoms with van der Waals surface area (Å²) in [6.07, 6.45) is 0.932. The average Bonchev–Trinajstić information content (AvgIpc) is 2.85. The molecule has 1 N–H and O–H groups in total. The van der Waals surface area contributed by atoms with E-state index in [1.807, 2.05) is 24.3 Å². The quantitative estimate of drug-likeness (QED) is 0.648. The molecule has 0 unspecified atom stereocenters. The Morgan fingerprint density at radius 2 is 2.06 bits per heavy atom. The van der Waals surface area contributed by atoms with E-state index < -0.39 is 4.92 Å². The first-order chi connectivity index (χ1) is 8.70. The number of aryl methyl sites for hydroxylation is 1. The lowest BCUT2D eigenvalue weighted by atomic mass is 10.1. The Labute approximate surface area is 105 Å². The Balaban J connectivity index is 2.04. The summed E-state index contributed by atoms with van der Waals surface area (Å²) in [5.41, 5.74) is 2.23. The maximum atomic E-state index is 10.5. The van der Waals surface area contributed by atoms with Crippen molar-refractivity contribution in [3.63, 3.8) is 0 Å². The molecular weight excluding hydrogens is 232 g/mol. The molecule has 0 atom stereocenters. The van der Waals surface area contributed by atoms with Gasteiger partial charge in [0.1, 0.15) is 10.7 Å². The van der Waals surface area contributed by atoms with Gasteiger partial charge in [0.25, 0.3) is 0 Å². The third-order valence-corrected chi connectivity index (χ3v) is 2.68. The fraction of sp³-hybridized carbons (Fsp3) is 0.231. The van der Waals surface area contributed by atoms with Crippen molar-refractivity contribution in [2.45, 2.75) is 19.9 Å². The summed E-state index contributed by atoms with van der Waals surface area (Å²) in [7, 11) is 0. The summed E-state index contributed by atoms with van der Waals surface area (Å²) >= 11 is 0. The van der Waals surface area contributed by atoms with Gasteiger partial charge in [0.05, 0.1) is 12.6 Å². The van der Waals surface area contributed by atoms with Crippen LogP contribution in [0.15, 0.2) is 40.8 Å². The Morgan fingerprint density at radius 1 is 1.28 bits per heavy atom. The first kappa shape index (κ1) is 12.2. The lowest BCUT2D eigenvalue weighted by Gasteiger charge is -2.08. The lowest BCUT2D eigenvalue weighted by molar-refractivity contribution is -0.402. The molecule has 94 valence electrons. The molecule has 0 fully saturated rings. The predicted octanol–water partition coefficient (Wildman–Crippen LogP) is 3.36. The molecule has 0 radical (unpaired) electrons. The number of furan rings is 1. The zero-order valence-electron chi connectivity index (χ0n) is 10.1. The van der Waals surface area contributed by atoms with Crippen LogP contribution in [-0.2, 0) is 13.0 Å². The van der Waals surface area contributed by atoms with Crippen LogP contribution in [0, 0.1) is 10.1 Å². The van der Waals surface area contributed by atoms with E-state index in [4.69, 9.17) is 4.42 Å². The summed E-state index contributed by atoms with van der Waals surface area (Å²) < 4.78 is 5.08. The van der Waals surface area contributed by atoms with Gasteiger partial charge in [-0.15, -0.1) is 0 Å². The maximum absolute atomic E-state index is 10.5. The van der Waals surface area contributed by atoms with Crippen molar-refractivity contribution in [1.29, 1.82) is 0 Å². The first-order valence-corrected chi connectivity index (χ1v) is 5.75. The number of hydrogen-bond acceptors (Lipinski definition) is 4. The smallest absolute Gasteiger partial charge is 0.404 e. The van der Waals surface area contributed by atoms with Crippen LogP contribution in [0.4, 0.5) is 11.6 Å². The van der Waals surface area contributed by atoms with E-state index >= 15 is 0 Å². The fourth-order valence-electron chi connectivity index (χ4n) is 1.74. The summed E-state index contributed by atoms with van der Waals surface area (Å²) in [5, 5.41) is 13.7. The number of anilines is 1. The van der Waals surface area contributed by atoms with Crippen LogP contribution in [0.25, 0.3) is 0 Å². The Hall–Kier alpha value is -2.30. The number of nitrogens with zero attached hydrogens (tertiary/aromatic N) is 1. The van der Waals surface area contributed by atoms with Crippen molar-refractivity contribution < 1.29 is 9.34 Å². The molecular formula is C13H14N2O3. The van der Waals surface area contributed by atoms with E-state index in [-0.39, 0.29) is 5.88 Å². The van der Waals surface area contributed by atoms with Crippen LogP contribution >= 0.6 is 0 Å². The number of rotatable bonds is 5. The zero-order valence-corrected chi connectivity index (χ0v) is 10.1. The van der Waals surface area contributed by atoms with Gasteiger partial charge in [0.15, 0.2) is 0 Å². The van der Waals surface area contributed by atoms with Crippen LogP contribution < -0.4 is 5.32 Å². The standard InChI is InChI=1S/C13H14N2O3/c1-2-10-5-3-4-6-12(10)14-9-11-7-8-13(18-11)15(16)17/h3-8,14H,2,9H2,1H3. The van der Waals surface area contributed by atoms with Crippen molar-refractivity contribution in [1.82, 2.24) is 0 Å². The SMILES string of the molecule is CCc1ccccc1NCc1ccc([N+](=O)[O-])o1. The third-order valence-electron chi connectivity index (χ3n) is 2.68. The second-order valence-electron chi connectivity index (χ2n) is 3.86. The molecule has 1 heterocycles. The van der Waals surface area contributed by atoms with Gasteiger partial charge in [-0.2, -0.15) is 0 Å². The molecule has 1 aromatic heterocycles. The summed E-state index contributed by atoms with van der Waals surface area (Å²) in [4.78, 5) is 9.94. The Kier molecular flexibility index (Phi) is 3.62. The normalized spacial score (nSPS) is 10.3. The van der Waals surface area contributed by atoms with Crippen LogP contribution in [0.2, 0.25) is 0 Å². The van der Waals surface area contributed by atoms with Gasteiger partial charge in [0, 0.05) is 5.69 Å². The van der Waals surface area contributed by atoms with Crippen LogP contribution in [0.1, 0.15) is 18.2 Å². The lowest BCUT2D eigenvalue weighted by Crippen LogP contribution is -2.00. The Bertz CT molecular complexity index is 549. The molecule has 0 aliphatic carbocycles. The van der Waals surface area contributed by atoms with Gasteiger partial charge in [0.2, 0.25) is 0 Å². The number of benzene rings is 1. The molecule has 1 aromatic carbocycles. The number of nitrogens with one attached hydrogen (secondary N) is 1. The molecule has 2 aromatic rings. The largest absolute Gasteiger partial charge is 0.433 e. The minimum Gasteiger partial charge on any atom is -0.404 e. The highest BCUT2D eigenvalue weighted by Gasteiger charge is 2.11. The molecule has 5 heteroatoms. The molecule has 0 saturated heterocycles. The minimum absolute atomic E-state index is 0.226. The van der Waals surface area contributed by atoms with Gasteiger partial charge >= 0.3 is 5.88 Å². The molecule has 0 aliphatic heterocycles. The maximum Gasteiger partial charge on any atom is 0.433 e. The van der Waals surface area contributed by atoms with Crippen LogP contribution in [0.5, 0.6) is 0 Å². The molecule has 0 saturated carbocycles. The number of nitro groups is 1. The van der Waals surface area contributed by atoms with Gasteiger partial charge in [-0.3, -0.25) is 10.1 Å². The fourth-order valence-corrected chi connectivity index (χ4v) is 1.74. The van der Waals surface area contributed by atoms with Crippen molar-refractivity contribution >= 4 is 11.6 Å². The van der Waals surface area contributed by atoms with E-state index in [0.29, 0.717) is 12.3 Å². The van der Waals surface area contributed by atoms with Crippen molar-refractivity contribution in [2.75, 3.05) is 5.32 Å².